The molecule has 112 valence electrons. The molecule has 0 aromatic rings. The normalized spacial score (nSPS) is 28.6. The number of nitrogens with one attached hydrogen (secondary N) is 1. The Bertz CT molecular complexity index is 576. The number of amides is 3. The topological polar surface area (TPSA) is 65.0 Å². The van der Waals surface area contributed by atoms with E-state index < -0.39 is 0 Å². The van der Waals surface area contributed by atoms with Gasteiger partial charge in [0.1, 0.15) is 5.84 Å². The molecular weight excluding hydrogens is 268 g/mol. The minimum absolute atomic E-state index is 0.0661. The Morgan fingerprint density at radius 3 is 2.81 bits per heavy atom. The predicted octanol–water partition coefficient (Wildman–Crippen LogP) is 1.32. The average Bonchev–Trinajstić information content (AvgIpc) is 2.76. The molecule has 2 heterocycles. The summed E-state index contributed by atoms with van der Waals surface area (Å²) in [5.74, 6) is 1.00. The highest BCUT2D eigenvalue weighted by molar-refractivity contribution is 6.07. The van der Waals surface area contributed by atoms with Crippen molar-refractivity contribution in [2.24, 2.45) is 16.9 Å². The number of allylic oxidation sites excluding steroid dienone is 2. The fourth-order valence-corrected chi connectivity index (χ4v) is 3.21. The quantitative estimate of drug-likeness (QED) is 0.791. The average molecular weight is 288 g/mol. The van der Waals surface area contributed by atoms with Crippen LogP contribution in [0.2, 0.25) is 0 Å². The van der Waals surface area contributed by atoms with Crippen molar-refractivity contribution in [2.45, 2.75) is 26.3 Å². The summed E-state index contributed by atoms with van der Waals surface area (Å²) >= 11 is 0. The molecule has 21 heavy (non-hydrogen) atoms. The minimum Gasteiger partial charge on any atom is -0.290 e. The van der Waals surface area contributed by atoms with Crippen LogP contribution < -0.4 is 5.32 Å². The molecule has 0 aromatic carbocycles. The Balaban J connectivity index is 1.88. The largest absolute Gasteiger partial charge is 0.329 e. The molecule has 2 atom stereocenters. The van der Waals surface area contributed by atoms with Crippen molar-refractivity contribution >= 4 is 17.8 Å². The number of imide groups is 1. The Kier molecular flexibility index (Phi) is 3.31. The van der Waals surface area contributed by atoms with Crippen LogP contribution in [-0.2, 0) is 4.79 Å². The maximum absolute atomic E-state index is 12.0. The van der Waals surface area contributed by atoms with Crippen LogP contribution in [0.3, 0.4) is 0 Å². The van der Waals surface area contributed by atoms with Gasteiger partial charge in [-0.2, -0.15) is 5.10 Å². The lowest BCUT2D eigenvalue weighted by Crippen LogP contribution is -2.53. The molecule has 0 spiro atoms. The lowest BCUT2D eigenvalue weighted by Gasteiger charge is -2.32. The predicted molar refractivity (Wildman–Crippen MR) is 79.4 cm³/mol. The van der Waals surface area contributed by atoms with Crippen molar-refractivity contribution in [3.05, 3.63) is 23.8 Å². The number of nitrogens with zero attached hydrogens (tertiary/aromatic N) is 3. The number of hydrazone groups is 1. The van der Waals surface area contributed by atoms with E-state index in [2.05, 4.69) is 36.4 Å². The Morgan fingerprint density at radius 2 is 2.14 bits per heavy atom. The molecule has 1 aliphatic carbocycles. The minimum atomic E-state index is -0.367. The van der Waals surface area contributed by atoms with E-state index in [4.69, 9.17) is 0 Å². The van der Waals surface area contributed by atoms with Crippen LogP contribution in [0.1, 0.15) is 20.3 Å². The number of fused-ring (bicyclic) bond motifs is 1. The fraction of sp³-hybridized carbons (Fsp3) is 0.533. The third-order valence-electron chi connectivity index (χ3n) is 4.25. The van der Waals surface area contributed by atoms with Crippen LogP contribution in [0.15, 0.2) is 28.9 Å². The van der Waals surface area contributed by atoms with E-state index in [1.165, 1.54) is 5.57 Å². The smallest absolute Gasteiger partial charge is 0.290 e. The molecule has 3 amide bonds. The number of rotatable bonds is 1. The number of carbonyl (C=O) groups is 2. The zero-order valence-corrected chi connectivity index (χ0v) is 12.5. The van der Waals surface area contributed by atoms with Crippen molar-refractivity contribution < 1.29 is 9.59 Å². The van der Waals surface area contributed by atoms with Crippen LogP contribution in [0, 0.1) is 11.8 Å². The van der Waals surface area contributed by atoms with Gasteiger partial charge in [0.05, 0.1) is 12.0 Å². The molecule has 0 aromatic heterocycles. The van der Waals surface area contributed by atoms with Crippen molar-refractivity contribution in [3.63, 3.8) is 0 Å². The molecule has 1 saturated heterocycles. The van der Waals surface area contributed by atoms with Gasteiger partial charge in [-0.25, -0.2) is 4.79 Å². The molecule has 0 saturated carbocycles. The SMILES string of the molecule is CC(C)C1=CC=CC2C(N3CCC(=O)NC3=O)=NN(C)C12. The lowest BCUT2D eigenvalue weighted by molar-refractivity contribution is -0.121. The summed E-state index contributed by atoms with van der Waals surface area (Å²) in [6, 6.07) is -0.205. The monoisotopic (exact) mass is 288 g/mol. The first-order valence-electron chi connectivity index (χ1n) is 7.30. The van der Waals surface area contributed by atoms with E-state index in [0.717, 1.165) is 5.84 Å². The number of likely N-dealkylation sites (N-methyl/N-ethyl adjacent to an activating group) is 1. The maximum atomic E-state index is 12.0. The molecule has 0 radical (unpaired) electrons. The fourth-order valence-electron chi connectivity index (χ4n) is 3.21. The van der Waals surface area contributed by atoms with Crippen molar-refractivity contribution in [2.75, 3.05) is 13.6 Å². The van der Waals surface area contributed by atoms with Gasteiger partial charge in [-0.05, 0) is 11.5 Å². The van der Waals surface area contributed by atoms with Gasteiger partial charge >= 0.3 is 6.03 Å². The van der Waals surface area contributed by atoms with Gasteiger partial charge in [-0.15, -0.1) is 0 Å². The first-order chi connectivity index (χ1) is 9.99. The maximum Gasteiger partial charge on any atom is 0.329 e. The van der Waals surface area contributed by atoms with Crippen molar-refractivity contribution in [1.29, 1.82) is 0 Å². The van der Waals surface area contributed by atoms with Gasteiger partial charge in [0.25, 0.3) is 0 Å². The van der Waals surface area contributed by atoms with Crippen LogP contribution in [-0.4, -0.2) is 47.3 Å². The number of amidine groups is 1. The van der Waals surface area contributed by atoms with Crippen LogP contribution in [0.4, 0.5) is 4.79 Å². The number of carbonyl (C=O) groups excluding carboxylic acids is 2. The molecule has 6 nitrogen and oxygen atoms in total. The molecule has 3 rings (SSSR count). The zero-order valence-electron chi connectivity index (χ0n) is 12.5. The second kappa shape index (κ2) is 5.02. The Labute approximate surface area is 124 Å². The van der Waals surface area contributed by atoms with Gasteiger partial charge in [-0.1, -0.05) is 32.1 Å². The van der Waals surface area contributed by atoms with E-state index in [0.29, 0.717) is 18.9 Å². The molecule has 1 N–H and O–H groups in total. The molecule has 0 bridgehead atoms. The number of hydrogen-bond acceptors (Lipinski definition) is 4. The highest BCUT2D eigenvalue weighted by Gasteiger charge is 2.43. The van der Waals surface area contributed by atoms with Crippen LogP contribution in [0.5, 0.6) is 0 Å². The number of urea groups is 1. The van der Waals surface area contributed by atoms with E-state index in [1.807, 2.05) is 18.1 Å². The molecule has 6 heteroatoms. The Morgan fingerprint density at radius 1 is 1.38 bits per heavy atom. The second-order valence-corrected chi connectivity index (χ2v) is 5.96. The summed E-state index contributed by atoms with van der Waals surface area (Å²) in [5.41, 5.74) is 1.32. The third-order valence-corrected chi connectivity index (χ3v) is 4.25. The summed E-state index contributed by atoms with van der Waals surface area (Å²) in [6.07, 6.45) is 6.59. The number of hydrogen-bond donors (Lipinski definition) is 1. The summed E-state index contributed by atoms with van der Waals surface area (Å²) in [4.78, 5) is 24.9. The van der Waals surface area contributed by atoms with Gasteiger partial charge < -0.3 is 0 Å². The summed E-state index contributed by atoms with van der Waals surface area (Å²) in [5, 5.41) is 8.87. The molecule has 1 fully saturated rings. The molecule has 3 aliphatic rings. The molecular formula is C15H20N4O2. The van der Waals surface area contributed by atoms with E-state index in [9.17, 15) is 9.59 Å². The highest BCUT2D eigenvalue weighted by Crippen LogP contribution is 2.35. The summed E-state index contributed by atoms with van der Waals surface area (Å²) in [7, 11) is 1.94. The Hall–Kier alpha value is -2.11. The first kappa shape index (κ1) is 13.9. The zero-order chi connectivity index (χ0) is 15.1. The van der Waals surface area contributed by atoms with Crippen LogP contribution in [0.25, 0.3) is 0 Å². The van der Waals surface area contributed by atoms with E-state index >= 15 is 0 Å². The van der Waals surface area contributed by atoms with Gasteiger partial charge in [0, 0.05) is 20.0 Å². The van der Waals surface area contributed by atoms with E-state index in [-0.39, 0.29) is 23.9 Å². The summed E-state index contributed by atoms with van der Waals surface area (Å²) < 4.78 is 0. The standard InChI is InChI=1S/C15H20N4O2/c1-9(2)10-5-4-6-11-13(10)18(3)17-14(11)19-8-7-12(20)16-15(19)21/h4-6,9,11,13H,7-8H2,1-3H3,(H,16,20,21). The molecule has 2 aliphatic heterocycles. The second-order valence-electron chi connectivity index (χ2n) is 5.96. The van der Waals surface area contributed by atoms with Crippen LogP contribution >= 0.6 is 0 Å². The van der Waals surface area contributed by atoms with Crippen molar-refractivity contribution in [1.82, 2.24) is 15.2 Å². The molecule has 2 unspecified atom stereocenters. The third kappa shape index (κ3) is 2.24. The van der Waals surface area contributed by atoms with Gasteiger partial charge in [0.15, 0.2) is 0 Å². The van der Waals surface area contributed by atoms with E-state index in [1.54, 1.807) is 4.90 Å². The highest BCUT2D eigenvalue weighted by atomic mass is 16.2. The lowest BCUT2D eigenvalue weighted by atomic mass is 9.82. The summed E-state index contributed by atoms with van der Waals surface area (Å²) in [6.45, 7) is 4.73. The first-order valence-corrected chi connectivity index (χ1v) is 7.30. The van der Waals surface area contributed by atoms with Gasteiger partial charge in [0.2, 0.25) is 5.91 Å². The van der Waals surface area contributed by atoms with Crippen molar-refractivity contribution in [3.8, 4) is 0 Å². The van der Waals surface area contributed by atoms with Gasteiger partial charge in [-0.3, -0.25) is 20.0 Å².